The molecule has 154 valence electrons. The number of ether oxygens (including phenoxy) is 1. The van der Waals surface area contributed by atoms with Crippen LogP contribution in [0.2, 0.25) is 0 Å². The van der Waals surface area contributed by atoms with Gasteiger partial charge in [0.15, 0.2) is 23.3 Å². The summed E-state index contributed by atoms with van der Waals surface area (Å²) in [4.78, 5) is 24.2. The first-order chi connectivity index (χ1) is 14.7. The van der Waals surface area contributed by atoms with Gasteiger partial charge < -0.3 is 14.5 Å². The zero-order valence-electron chi connectivity index (χ0n) is 15.8. The first-order valence-corrected chi connectivity index (χ1v) is 10.6. The van der Waals surface area contributed by atoms with E-state index in [1.807, 2.05) is 11.5 Å². The molecule has 0 spiro atoms. The van der Waals surface area contributed by atoms with Gasteiger partial charge in [-0.2, -0.15) is 8.75 Å². The van der Waals surface area contributed by atoms with Crippen molar-refractivity contribution in [3.05, 3.63) is 36.6 Å². The molecule has 0 bridgehead atoms. The van der Waals surface area contributed by atoms with Crippen LogP contribution in [0, 0.1) is 0 Å². The summed E-state index contributed by atoms with van der Waals surface area (Å²) in [5.74, 6) is 0.193. The first-order valence-electron chi connectivity index (χ1n) is 8.92. The number of anilines is 1. The number of aromatic nitrogens is 5. The molecule has 0 radical (unpaired) electrons. The molecular weight excluding hydrogens is 428 g/mol. The number of hydrogen-bond acceptors (Lipinski definition) is 10. The molecule has 4 rings (SSSR count). The van der Waals surface area contributed by atoms with Crippen molar-refractivity contribution in [2.24, 2.45) is 0 Å². The first kappa shape index (κ1) is 20.0. The molecule has 12 heteroatoms. The molecule has 0 aliphatic rings. The summed E-state index contributed by atoms with van der Waals surface area (Å²) >= 11 is 2.24. The number of fused-ring (bicyclic) bond motifs is 1. The minimum absolute atomic E-state index is 0.00480. The highest BCUT2D eigenvalue weighted by molar-refractivity contribution is 7.99. The summed E-state index contributed by atoms with van der Waals surface area (Å²) < 4.78 is 20.5. The minimum Gasteiger partial charge on any atom is -0.461 e. The van der Waals surface area contributed by atoms with E-state index in [-0.39, 0.29) is 5.75 Å². The molecule has 1 aromatic carbocycles. The average molecular weight is 444 g/mol. The number of furan rings is 1. The lowest BCUT2D eigenvalue weighted by atomic mass is 10.2. The number of hydrogen-bond donors (Lipinski definition) is 1. The Hall–Kier alpha value is -3.25. The topological polar surface area (TPSA) is 125 Å². The second kappa shape index (κ2) is 9.05. The monoisotopic (exact) mass is 444 g/mol. The van der Waals surface area contributed by atoms with Gasteiger partial charge in [-0.05, 0) is 31.2 Å². The van der Waals surface area contributed by atoms with Crippen molar-refractivity contribution in [1.29, 1.82) is 0 Å². The molecule has 0 saturated heterocycles. The van der Waals surface area contributed by atoms with Crippen molar-refractivity contribution in [1.82, 2.24) is 23.5 Å². The Morgan fingerprint density at radius 2 is 2.13 bits per heavy atom. The molecule has 1 N–H and O–H groups in total. The van der Waals surface area contributed by atoms with Gasteiger partial charge in [0.2, 0.25) is 0 Å². The zero-order valence-corrected chi connectivity index (χ0v) is 17.4. The third kappa shape index (κ3) is 4.33. The van der Waals surface area contributed by atoms with Crippen LogP contribution in [0.5, 0.6) is 0 Å². The third-order valence-electron chi connectivity index (χ3n) is 4.02. The molecule has 10 nitrogen and oxygen atoms in total. The van der Waals surface area contributed by atoms with Gasteiger partial charge in [0.05, 0.1) is 29.4 Å². The molecule has 3 aromatic heterocycles. The predicted octanol–water partition coefficient (Wildman–Crippen LogP) is 2.84. The fraction of sp³-hybridized carbons (Fsp3) is 0.222. The van der Waals surface area contributed by atoms with Gasteiger partial charge in [0.25, 0.3) is 5.91 Å². The summed E-state index contributed by atoms with van der Waals surface area (Å²) in [7, 11) is 0. The molecule has 0 aliphatic heterocycles. The van der Waals surface area contributed by atoms with Crippen LogP contribution < -0.4 is 5.32 Å². The van der Waals surface area contributed by atoms with E-state index in [1.165, 1.54) is 11.8 Å². The quantitative estimate of drug-likeness (QED) is 0.322. The molecule has 0 saturated carbocycles. The number of nitrogens with zero attached hydrogens (tertiary/aromatic N) is 5. The number of esters is 1. The van der Waals surface area contributed by atoms with Crippen LogP contribution in [0.4, 0.5) is 5.69 Å². The van der Waals surface area contributed by atoms with Gasteiger partial charge in [-0.15, -0.1) is 10.2 Å². The normalized spacial score (nSPS) is 11.0. The number of benzene rings is 1. The van der Waals surface area contributed by atoms with E-state index in [2.05, 4.69) is 24.3 Å². The minimum atomic E-state index is -0.533. The lowest BCUT2D eigenvalue weighted by molar-refractivity contribution is -0.144. The number of thioether (sulfide) groups is 1. The Morgan fingerprint density at radius 1 is 1.23 bits per heavy atom. The molecular formula is C18H16N6O4S2. The molecule has 0 atom stereocenters. The summed E-state index contributed by atoms with van der Waals surface area (Å²) in [6.45, 7) is 2.16. The average Bonchev–Trinajstić information content (AvgIpc) is 3.50. The smallest absolute Gasteiger partial charge is 0.316 e. The van der Waals surface area contributed by atoms with Crippen molar-refractivity contribution < 1.29 is 18.7 Å². The van der Waals surface area contributed by atoms with Gasteiger partial charge >= 0.3 is 5.97 Å². The highest BCUT2D eigenvalue weighted by atomic mass is 32.2. The highest BCUT2D eigenvalue weighted by Crippen LogP contribution is 2.24. The van der Waals surface area contributed by atoms with E-state index in [0.29, 0.717) is 40.0 Å². The van der Waals surface area contributed by atoms with E-state index in [4.69, 9.17) is 9.15 Å². The van der Waals surface area contributed by atoms with Gasteiger partial charge in [-0.3, -0.25) is 14.2 Å². The molecule has 1 amide bonds. The van der Waals surface area contributed by atoms with Crippen LogP contribution >= 0.6 is 23.5 Å². The molecule has 0 aliphatic carbocycles. The van der Waals surface area contributed by atoms with Crippen molar-refractivity contribution in [3.8, 4) is 11.6 Å². The summed E-state index contributed by atoms with van der Waals surface area (Å²) in [6.07, 6.45) is 1.56. The molecule has 0 fully saturated rings. The number of carbonyl (C=O) groups excluding carboxylic acids is 2. The van der Waals surface area contributed by atoms with Crippen molar-refractivity contribution in [2.75, 3.05) is 17.7 Å². The maximum atomic E-state index is 12.1. The van der Waals surface area contributed by atoms with Crippen LogP contribution in [0.3, 0.4) is 0 Å². The summed E-state index contributed by atoms with van der Waals surface area (Å²) in [5, 5.41) is 11.5. The van der Waals surface area contributed by atoms with E-state index in [1.54, 1.807) is 36.6 Å². The van der Waals surface area contributed by atoms with Crippen molar-refractivity contribution in [2.45, 2.75) is 18.6 Å². The van der Waals surface area contributed by atoms with Crippen molar-refractivity contribution in [3.63, 3.8) is 0 Å². The SMILES string of the molecule is CCn1c(SCC(=O)OCC(=O)Nc2cccc3nsnc23)nnc1-c1ccco1. The van der Waals surface area contributed by atoms with Crippen LogP contribution in [0.1, 0.15) is 6.92 Å². The van der Waals surface area contributed by atoms with Crippen LogP contribution in [-0.2, 0) is 20.9 Å². The highest BCUT2D eigenvalue weighted by Gasteiger charge is 2.17. The zero-order chi connectivity index (χ0) is 20.9. The van der Waals surface area contributed by atoms with Gasteiger partial charge in [-0.1, -0.05) is 17.8 Å². The third-order valence-corrected chi connectivity index (χ3v) is 5.50. The fourth-order valence-corrected chi connectivity index (χ4v) is 4.02. The lowest BCUT2D eigenvalue weighted by Crippen LogP contribution is -2.21. The maximum Gasteiger partial charge on any atom is 0.316 e. The summed E-state index contributed by atoms with van der Waals surface area (Å²) in [5.41, 5.74) is 1.82. The Morgan fingerprint density at radius 3 is 2.93 bits per heavy atom. The van der Waals surface area contributed by atoms with Gasteiger partial charge in [-0.25, -0.2) is 0 Å². The van der Waals surface area contributed by atoms with E-state index in [9.17, 15) is 9.59 Å². The summed E-state index contributed by atoms with van der Waals surface area (Å²) in [6, 6.07) is 8.85. The number of rotatable bonds is 8. The maximum absolute atomic E-state index is 12.1. The Kier molecular flexibility index (Phi) is 6.05. The Labute approximate surface area is 179 Å². The largest absolute Gasteiger partial charge is 0.461 e. The number of carbonyl (C=O) groups is 2. The number of amides is 1. The number of nitrogens with one attached hydrogen (secondary N) is 1. The second-order valence-electron chi connectivity index (χ2n) is 5.96. The molecule has 4 aromatic rings. The Bertz CT molecular complexity index is 1170. The van der Waals surface area contributed by atoms with E-state index in [0.717, 1.165) is 11.7 Å². The predicted molar refractivity (Wildman–Crippen MR) is 111 cm³/mol. The van der Waals surface area contributed by atoms with Crippen LogP contribution in [0.25, 0.3) is 22.6 Å². The fourth-order valence-electron chi connectivity index (χ4n) is 2.67. The van der Waals surface area contributed by atoms with E-state index < -0.39 is 18.5 Å². The van der Waals surface area contributed by atoms with Crippen LogP contribution in [0.15, 0.2) is 46.2 Å². The standard InChI is InChI=1S/C18H16N6O4S2/c1-2-24-17(13-7-4-8-27-13)20-21-18(24)29-10-15(26)28-9-14(25)19-11-5-3-6-12-16(11)23-30-22-12/h3-8H,2,9-10H2,1H3,(H,19,25). The Balaban J connectivity index is 1.29. The molecule has 3 heterocycles. The molecule has 30 heavy (non-hydrogen) atoms. The van der Waals surface area contributed by atoms with Gasteiger partial charge in [0.1, 0.15) is 11.0 Å². The van der Waals surface area contributed by atoms with E-state index >= 15 is 0 Å². The van der Waals surface area contributed by atoms with Gasteiger partial charge in [0, 0.05) is 6.54 Å². The van der Waals surface area contributed by atoms with Crippen molar-refractivity contribution >= 4 is 52.1 Å². The molecule has 0 unspecified atom stereocenters. The van der Waals surface area contributed by atoms with Crippen LogP contribution in [-0.4, -0.2) is 47.7 Å². The second-order valence-corrected chi connectivity index (χ2v) is 7.43. The lowest BCUT2D eigenvalue weighted by Gasteiger charge is -2.07.